The van der Waals surface area contributed by atoms with Crippen LogP contribution in [0.1, 0.15) is 41.6 Å². The molecule has 0 amide bonds. The van der Waals surface area contributed by atoms with Crippen LogP contribution in [0.2, 0.25) is 0 Å². The smallest absolute Gasteiger partial charge is 0.213 e. The van der Waals surface area contributed by atoms with Gasteiger partial charge in [-0.2, -0.15) is 0 Å². The SMILES string of the molecule is Cc1ncsc1CCOc1cc(CCl)cc(C(C)C)n1. The molecular weight excluding hydrogens is 292 g/mol. The van der Waals surface area contributed by atoms with E-state index in [4.69, 9.17) is 16.3 Å². The lowest BCUT2D eigenvalue weighted by Gasteiger charge is -2.11. The summed E-state index contributed by atoms with van der Waals surface area (Å²) in [4.78, 5) is 10.0. The van der Waals surface area contributed by atoms with Crippen LogP contribution in [-0.2, 0) is 12.3 Å². The summed E-state index contributed by atoms with van der Waals surface area (Å²) in [5.41, 5.74) is 5.03. The molecule has 0 aliphatic carbocycles. The van der Waals surface area contributed by atoms with Gasteiger partial charge in [-0.15, -0.1) is 22.9 Å². The molecule has 0 N–H and O–H groups in total. The number of halogens is 1. The number of rotatable bonds is 6. The Balaban J connectivity index is 2.01. The normalized spacial score (nSPS) is 11.1. The van der Waals surface area contributed by atoms with Gasteiger partial charge in [-0.25, -0.2) is 9.97 Å². The molecule has 2 rings (SSSR count). The van der Waals surface area contributed by atoms with Gasteiger partial charge in [-0.1, -0.05) is 13.8 Å². The Bertz CT molecular complexity index is 569. The predicted octanol–water partition coefficient (Wildman–Crippen LogP) is 4.33. The van der Waals surface area contributed by atoms with Crippen molar-refractivity contribution in [1.29, 1.82) is 0 Å². The first-order valence-corrected chi connectivity index (χ1v) is 8.10. The van der Waals surface area contributed by atoms with Crippen LogP contribution in [0.3, 0.4) is 0 Å². The van der Waals surface area contributed by atoms with Crippen LogP contribution in [0.5, 0.6) is 5.88 Å². The molecule has 108 valence electrons. The minimum Gasteiger partial charge on any atom is -0.477 e. The Hall–Kier alpha value is -1.13. The van der Waals surface area contributed by atoms with Crippen LogP contribution >= 0.6 is 22.9 Å². The molecular formula is C15H19ClN2OS. The van der Waals surface area contributed by atoms with E-state index in [9.17, 15) is 0 Å². The molecule has 0 aliphatic rings. The molecule has 2 heterocycles. The standard InChI is InChI=1S/C15H19ClN2OS/c1-10(2)13-6-12(8-16)7-15(18-13)19-5-4-14-11(3)17-9-20-14/h6-7,9-10H,4-5,8H2,1-3H3. The van der Waals surface area contributed by atoms with Gasteiger partial charge in [0.1, 0.15) is 0 Å². The third-order valence-corrected chi connectivity index (χ3v) is 4.35. The lowest BCUT2D eigenvalue weighted by Crippen LogP contribution is -2.05. The molecule has 2 aromatic heterocycles. The maximum Gasteiger partial charge on any atom is 0.213 e. The topological polar surface area (TPSA) is 35.0 Å². The largest absolute Gasteiger partial charge is 0.477 e. The highest BCUT2D eigenvalue weighted by molar-refractivity contribution is 7.09. The van der Waals surface area contributed by atoms with Gasteiger partial charge in [0.15, 0.2) is 0 Å². The molecule has 0 unspecified atom stereocenters. The van der Waals surface area contributed by atoms with E-state index in [1.54, 1.807) is 11.3 Å². The Morgan fingerprint density at radius 2 is 2.15 bits per heavy atom. The average molecular weight is 311 g/mol. The van der Waals surface area contributed by atoms with Crippen LogP contribution in [0.4, 0.5) is 0 Å². The predicted molar refractivity (Wildman–Crippen MR) is 83.9 cm³/mol. The lowest BCUT2D eigenvalue weighted by molar-refractivity contribution is 0.308. The van der Waals surface area contributed by atoms with Gasteiger partial charge in [-0.05, 0) is 24.5 Å². The Labute approximate surface area is 129 Å². The van der Waals surface area contributed by atoms with Crippen molar-refractivity contribution < 1.29 is 4.74 Å². The summed E-state index contributed by atoms with van der Waals surface area (Å²) in [7, 11) is 0. The van der Waals surface area contributed by atoms with Crippen molar-refractivity contribution in [3.05, 3.63) is 39.5 Å². The first-order chi connectivity index (χ1) is 9.60. The number of nitrogens with zero attached hydrogens (tertiary/aromatic N) is 2. The summed E-state index contributed by atoms with van der Waals surface area (Å²) in [6.45, 7) is 6.87. The molecule has 20 heavy (non-hydrogen) atoms. The van der Waals surface area contributed by atoms with Gasteiger partial charge >= 0.3 is 0 Å². The monoisotopic (exact) mass is 310 g/mol. The van der Waals surface area contributed by atoms with Crippen LogP contribution in [0.15, 0.2) is 17.6 Å². The number of alkyl halides is 1. The van der Waals surface area contributed by atoms with Crippen molar-refractivity contribution >= 4 is 22.9 Å². The van der Waals surface area contributed by atoms with Gasteiger partial charge in [0.25, 0.3) is 0 Å². The highest BCUT2D eigenvalue weighted by Crippen LogP contribution is 2.21. The Morgan fingerprint density at radius 1 is 1.35 bits per heavy atom. The number of aryl methyl sites for hydroxylation is 1. The van der Waals surface area contributed by atoms with E-state index in [0.717, 1.165) is 23.4 Å². The summed E-state index contributed by atoms with van der Waals surface area (Å²) in [6.07, 6.45) is 0.861. The zero-order chi connectivity index (χ0) is 14.5. The zero-order valence-electron chi connectivity index (χ0n) is 12.0. The molecule has 0 aromatic carbocycles. The third-order valence-electron chi connectivity index (χ3n) is 3.05. The fourth-order valence-electron chi connectivity index (χ4n) is 1.84. The summed E-state index contributed by atoms with van der Waals surface area (Å²) >= 11 is 7.59. The number of thiazole rings is 1. The minimum atomic E-state index is 0.365. The summed E-state index contributed by atoms with van der Waals surface area (Å²) in [6, 6.07) is 3.95. The summed E-state index contributed by atoms with van der Waals surface area (Å²) in [5.74, 6) is 1.50. The van der Waals surface area contributed by atoms with E-state index < -0.39 is 0 Å². The number of hydrogen-bond donors (Lipinski definition) is 0. The van der Waals surface area contributed by atoms with Crippen molar-refractivity contribution in [2.75, 3.05) is 6.61 Å². The second-order valence-electron chi connectivity index (χ2n) is 4.99. The number of ether oxygens (including phenoxy) is 1. The quantitative estimate of drug-likeness (QED) is 0.745. The van der Waals surface area contributed by atoms with Crippen LogP contribution in [0, 0.1) is 6.92 Å². The maximum atomic E-state index is 5.92. The van der Waals surface area contributed by atoms with Crippen molar-refractivity contribution in [2.45, 2.75) is 39.0 Å². The molecule has 0 spiro atoms. The van der Waals surface area contributed by atoms with Gasteiger partial charge < -0.3 is 4.74 Å². The second kappa shape index (κ2) is 7.04. The highest BCUT2D eigenvalue weighted by Gasteiger charge is 2.08. The van der Waals surface area contributed by atoms with E-state index in [-0.39, 0.29) is 0 Å². The lowest BCUT2D eigenvalue weighted by atomic mass is 10.1. The zero-order valence-corrected chi connectivity index (χ0v) is 13.6. The van der Waals surface area contributed by atoms with Crippen LogP contribution in [-0.4, -0.2) is 16.6 Å². The highest BCUT2D eigenvalue weighted by atomic mass is 35.5. The molecule has 0 saturated carbocycles. The minimum absolute atomic E-state index is 0.365. The second-order valence-corrected chi connectivity index (χ2v) is 6.19. The van der Waals surface area contributed by atoms with E-state index in [1.807, 2.05) is 24.6 Å². The summed E-state index contributed by atoms with van der Waals surface area (Å²) in [5, 5.41) is 0. The first kappa shape index (κ1) is 15.3. The van der Waals surface area contributed by atoms with E-state index in [0.29, 0.717) is 24.3 Å². The molecule has 2 aromatic rings. The van der Waals surface area contributed by atoms with Crippen LogP contribution < -0.4 is 4.74 Å². The summed E-state index contributed by atoms with van der Waals surface area (Å²) < 4.78 is 5.78. The van der Waals surface area contributed by atoms with E-state index >= 15 is 0 Å². The average Bonchev–Trinajstić information content (AvgIpc) is 2.84. The van der Waals surface area contributed by atoms with E-state index in [2.05, 4.69) is 23.8 Å². The van der Waals surface area contributed by atoms with Gasteiger partial charge in [0, 0.05) is 28.9 Å². The van der Waals surface area contributed by atoms with Gasteiger partial charge in [-0.3, -0.25) is 0 Å². The molecule has 3 nitrogen and oxygen atoms in total. The van der Waals surface area contributed by atoms with Crippen LogP contribution in [0.25, 0.3) is 0 Å². The number of hydrogen-bond acceptors (Lipinski definition) is 4. The van der Waals surface area contributed by atoms with Crippen molar-refractivity contribution in [2.24, 2.45) is 0 Å². The molecule has 5 heteroatoms. The fourth-order valence-corrected chi connectivity index (χ4v) is 2.76. The van der Waals surface area contributed by atoms with E-state index in [1.165, 1.54) is 4.88 Å². The molecule has 0 aliphatic heterocycles. The first-order valence-electron chi connectivity index (χ1n) is 6.68. The molecule has 0 saturated heterocycles. The van der Waals surface area contributed by atoms with Crippen molar-refractivity contribution in [3.63, 3.8) is 0 Å². The molecule has 0 bridgehead atoms. The van der Waals surface area contributed by atoms with Gasteiger partial charge in [0.05, 0.1) is 17.8 Å². The maximum absolute atomic E-state index is 5.92. The Morgan fingerprint density at radius 3 is 2.75 bits per heavy atom. The number of pyridine rings is 1. The molecule has 0 fully saturated rings. The molecule has 0 atom stereocenters. The Kier molecular flexibility index (Phi) is 5.38. The van der Waals surface area contributed by atoms with Gasteiger partial charge in [0.2, 0.25) is 5.88 Å². The number of aromatic nitrogens is 2. The third kappa shape index (κ3) is 3.93. The van der Waals surface area contributed by atoms with Crippen molar-refractivity contribution in [3.8, 4) is 5.88 Å². The van der Waals surface area contributed by atoms with Crippen molar-refractivity contribution in [1.82, 2.24) is 9.97 Å². The fraction of sp³-hybridized carbons (Fsp3) is 0.467. The molecule has 0 radical (unpaired) electrons.